The van der Waals surface area contributed by atoms with Crippen LogP contribution in [0, 0.1) is 24.7 Å². The van der Waals surface area contributed by atoms with Crippen LogP contribution in [-0.2, 0) is 4.79 Å². The molecule has 1 heterocycles. The van der Waals surface area contributed by atoms with Crippen LogP contribution in [0.1, 0.15) is 63.4 Å². The van der Waals surface area contributed by atoms with Gasteiger partial charge in [0, 0.05) is 28.8 Å². The molecule has 0 aromatic carbocycles. The van der Waals surface area contributed by atoms with Gasteiger partial charge in [-0.15, -0.1) is 5.92 Å². The number of rotatable bonds is 4. The number of aryl methyl sites for hydroxylation is 1. The lowest BCUT2D eigenvalue weighted by Crippen LogP contribution is -1.96. The Bertz CT molecular complexity index is 646. The topological polar surface area (TPSA) is 30.0 Å². The molecule has 0 aliphatic rings. The zero-order chi connectivity index (χ0) is 18.0. The van der Waals surface area contributed by atoms with E-state index in [4.69, 9.17) is 11.6 Å². The molecule has 3 heteroatoms. The van der Waals surface area contributed by atoms with Crippen molar-refractivity contribution in [3.8, 4) is 11.8 Å². The smallest absolute Gasteiger partial charge is 0.129 e. The van der Waals surface area contributed by atoms with E-state index < -0.39 is 0 Å². The summed E-state index contributed by atoms with van der Waals surface area (Å²) in [5.41, 5.74) is 3.80. The Kier molecular flexibility index (Phi) is 9.94. The summed E-state index contributed by atoms with van der Waals surface area (Å²) < 4.78 is 0. The summed E-state index contributed by atoms with van der Waals surface area (Å²) in [5.74, 6) is 6.55. The van der Waals surface area contributed by atoms with Crippen molar-refractivity contribution in [2.45, 2.75) is 48.0 Å². The third kappa shape index (κ3) is 7.30. The number of Topliss-reactive ketones (excluding diaryl/α,β-unsaturated/α-hetero) is 1. The summed E-state index contributed by atoms with van der Waals surface area (Å²) in [6, 6.07) is 0. The van der Waals surface area contributed by atoms with Gasteiger partial charge < -0.3 is 4.79 Å². The van der Waals surface area contributed by atoms with Crippen molar-refractivity contribution >= 4 is 29.5 Å². The Morgan fingerprint density at radius 2 is 2.04 bits per heavy atom. The summed E-state index contributed by atoms with van der Waals surface area (Å²) >= 11 is 6.21. The number of nitrogens with zero attached hydrogens (tertiary/aromatic N) is 1. The lowest BCUT2D eigenvalue weighted by Gasteiger charge is -2.09. The fraction of sp³-hybridized carbons (Fsp3) is 0.400. The molecule has 0 amide bonds. The fourth-order valence-electron chi connectivity index (χ4n) is 1.57. The summed E-state index contributed by atoms with van der Waals surface area (Å²) in [5, 5.41) is 0.805. The molecule has 0 N–H and O–H groups in total. The number of allylic oxidation sites excluding steroid dienone is 1. The average Bonchev–Trinajstić information content (AvgIpc) is 2.51. The zero-order valence-corrected chi connectivity index (χ0v) is 15.7. The monoisotopic (exact) mass is 331 g/mol. The number of halogens is 1. The number of carbonyl (C=O) groups is 1. The van der Waals surface area contributed by atoms with Gasteiger partial charge in [0.15, 0.2) is 0 Å². The first kappa shape index (κ1) is 21.1. The van der Waals surface area contributed by atoms with E-state index in [1.807, 2.05) is 39.1 Å². The normalized spacial score (nSPS) is 10.3. The summed E-state index contributed by atoms with van der Waals surface area (Å²) in [6.45, 7) is 15.2. The second-order valence-corrected chi connectivity index (χ2v) is 5.84. The van der Waals surface area contributed by atoms with Crippen LogP contribution >= 0.6 is 11.6 Å². The van der Waals surface area contributed by atoms with Gasteiger partial charge >= 0.3 is 0 Å². The molecule has 0 radical (unpaired) electrons. The predicted molar refractivity (Wildman–Crippen MR) is 101 cm³/mol. The van der Waals surface area contributed by atoms with Crippen LogP contribution in [-0.4, -0.2) is 10.8 Å². The van der Waals surface area contributed by atoms with Crippen LogP contribution < -0.4 is 0 Å². The first-order valence-electron chi connectivity index (χ1n) is 7.69. The average molecular weight is 332 g/mol. The molecule has 0 fully saturated rings. The first-order valence-corrected chi connectivity index (χ1v) is 8.07. The van der Waals surface area contributed by atoms with Gasteiger partial charge in [-0.3, -0.25) is 4.98 Å². The van der Waals surface area contributed by atoms with E-state index in [0.29, 0.717) is 12.3 Å². The van der Waals surface area contributed by atoms with Crippen molar-refractivity contribution in [2.75, 3.05) is 0 Å². The molecule has 0 saturated heterocycles. The lowest BCUT2D eigenvalue weighted by molar-refractivity contribution is -0.116. The number of aromatic nitrogens is 1. The van der Waals surface area contributed by atoms with Crippen LogP contribution in [0.15, 0.2) is 17.8 Å². The molecular formula is C20H26ClNO. The Morgan fingerprint density at radius 3 is 2.43 bits per heavy atom. The van der Waals surface area contributed by atoms with E-state index in [0.717, 1.165) is 27.4 Å². The maximum atomic E-state index is 9.81. The minimum atomic E-state index is 0.255. The Hall–Kier alpha value is -1.85. The largest absolute Gasteiger partial charge is 0.300 e. The van der Waals surface area contributed by atoms with Crippen molar-refractivity contribution in [2.24, 2.45) is 5.92 Å². The molecule has 0 aliphatic heterocycles. The van der Waals surface area contributed by atoms with Crippen LogP contribution in [0.2, 0.25) is 0 Å². The molecule has 124 valence electrons. The molecule has 0 saturated carbocycles. The molecule has 0 bridgehead atoms. The highest BCUT2D eigenvalue weighted by Gasteiger charge is 2.08. The fourth-order valence-corrected chi connectivity index (χ4v) is 1.69. The van der Waals surface area contributed by atoms with E-state index in [9.17, 15) is 4.79 Å². The first-order chi connectivity index (χ1) is 10.8. The van der Waals surface area contributed by atoms with Crippen LogP contribution in [0.4, 0.5) is 0 Å². The summed E-state index contributed by atoms with van der Waals surface area (Å²) in [4.78, 5) is 14.2. The third-order valence-electron chi connectivity index (χ3n) is 3.14. The second-order valence-electron chi connectivity index (χ2n) is 5.41. The van der Waals surface area contributed by atoms with Gasteiger partial charge in [-0.25, -0.2) is 0 Å². The number of hydrogen-bond donors (Lipinski definition) is 0. The maximum Gasteiger partial charge on any atom is 0.129 e. The van der Waals surface area contributed by atoms with E-state index >= 15 is 0 Å². The van der Waals surface area contributed by atoms with Gasteiger partial charge in [-0.1, -0.05) is 50.9 Å². The van der Waals surface area contributed by atoms with E-state index in [2.05, 4.69) is 37.3 Å². The lowest BCUT2D eigenvalue weighted by atomic mass is 10.0. The molecule has 1 aromatic rings. The molecule has 1 rings (SSSR count). The second kappa shape index (κ2) is 10.8. The Labute approximate surface area is 145 Å². The molecular weight excluding hydrogens is 306 g/mol. The summed E-state index contributed by atoms with van der Waals surface area (Å²) in [7, 11) is 0. The molecule has 1 aromatic heterocycles. The van der Waals surface area contributed by atoms with E-state index in [1.165, 1.54) is 0 Å². The van der Waals surface area contributed by atoms with Crippen molar-refractivity contribution in [3.63, 3.8) is 0 Å². The van der Waals surface area contributed by atoms with Crippen LogP contribution in [0.5, 0.6) is 0 Å². The Morgan fingerprint density at radius 1 is 1.48 bits per heavy atom. The van der Waals surface area contributed by atoms with Gasteiger partial charge in [0.2, 0.25) is 0 Å². The van der Waals surface area contributed by atoms with Crippen molar-refractivity contribution in [1.29, 1.82) is 0 Å². The van der Waals surface area contributed by atoms with Gasteiger partial charge in [-0.2, -0.15) is 0 Å². The third-order valence-corrected chi connectivity index (χ3v) is 3.68. The van der Waals surface area contributed by atoms with Gasteiger partial charge in [0.1, 0.15) is 5.78 Å². The number of ketones is 1. The number of carbonyl (C=O) groups excluding carboxylic acids is 1. The summed E-state index contributed by atoms with van der Waals surface area (Å²) in [6.07, 6.45) is 6.24. The minimum absolute atomic E-state index is 0.255. The maximum absolute atomic E-state index is 9.81. The van der Waals surface area contributed by atoms with E-state index in [1.54, 1.807) is 6.92 Å². The molecule has 0 atom stereocenters. The highest BCUT2D eigenvalue weighted by molar-refractivity contribution is 6.31. The SMILES string of the molecule is C=Cc1c(/C=C(/Cl)C(C)C)cnc(C)c1C#CC.CCC(C)=O. The Balaban J connectivity index is 0.000000841. The minimum Gasteiger partial charge on any atom is -0.300 e. The standard InChI is InChI=1S/C16H18ClN.C4H8O/c1-6-8-15-12(5)18-10-13(14(15)7-2)9-16(17)11(3)4;1-3-4(2)5/h7,9-11H,2H2,1,3-5H3;3H2,1-2H3/b16-9+;. The van der Waals surface area contributed by atoms with Gasteiger partial charge in [0.05, 0.1) is 11.3 Å². The van der Waals surface area contributed by atoms with Gasteiger partial charge in [-0.05, 0) is 32.8 Å². The molecule has 0 unspecified atom stereocenters. The van der Waals surface area contributed by atoms with E-state index in [-0.39, 0.29) is 5.78 Å². The van der Waals surface area contributed by atoms with Gasteiger partial charge in [0.25, 0.3) is 0 Å². The van der Waals surface area contributed by atoms with Crippen molar-refractivity contribution < 1.29 is 4.79 Å². The highest BCUT2D eigenvalue weighted by Crippen LogP contribution is 2.24. The molecule has 0 spiro atoms. The molecule has 2 nitrogen and oxygen atoms in total. The predicted octanol–water partition coefficient (Wildman–Crippen LogP) is 5.63. The zero-order valence-electron chi connectivity index (χ0n) is 15.0. The van der Waals surface area contributed by atoms with Crippen molar-refractivity contribution in [3.05, 3.63) is 40.2 Å². The quantitative estimate of drug-likeness (QED) is 0.670. The molecule has 23 heavy (non-hydrogen) atoms. The number of pyridine rings is 1. The highest BCUT2D eigenvalue weighted by atomic mass is 35.5. The molecule has 0 aliphatic carbocycles. The van der Waals surface area contributed by atoms with Crippen LogP contribution in [0.3, 0.4) is 0 Å². The van der Waals surface area contributed by atoms with Crippen LogP contribution in [0.25, 0.3) is 12.2 Å². The number of hydrogen-bond acceptors (Lipinski definition) is 2. The van der Waals surface area contributed by atoms with Crippen molar-refractivity contribution in [1.82, 2.24) is 4.98 Å².